The van der Waals surface area contributed by atoms with Crippen molar-refractivity contribution in [3.63, 3.8) is 0 Å². The van der Waals surface area contributed by atoms with Gasteiger partial charge >= 0.3 is 0 Å². The molecular weight excluding hydrogens is 278 g/mol. The van der Waals surface area contributed by atoms with Crippen molar-refractivity contribution in [2.75, 3.05) is 0 Å². The zero-order valence-corrected chi connectivity index (χ0v) is 14.6. The molecule has 0 aromatic rings. The van der Waals surface area contributed by atoms with Crippen molar-refractivity contribution in [1.82, 2.24) is 0 Å². The van der Waals surface area contributed by atoms with Gasteiger partial charge in [0.25, 0.3) is 0 Å². The van der Waals surface area contributed by atoms with E-state index in [1.54, 1.807) is 0 Å². The molecule has 2 rings (SSSR count). The lowest BCUT2D eigenvalue weighted by Gasteiger charge is -2.39. The maximum atomic E-state index is 14.5. The molecular formula is C20H36F2. The monoisotopic (exact) mass is 314 g/mol. The molecule has 0 spiro atoms. The summed E-state index contributed by atoms with van der Waals surface area (Å²) in [5.41, 5.74) is 0.113. The molecule has 0 bridgehead atoms. The van der Waals surface area contributed by atoms with Gasteiger partial charge in [-0.05, 0) is 56.3 Å². The van der Waals surface area contributed by atoms with Gasteiger partial charge in [0, 0.05) is 0 Å². The third-order valence-electron chi connectivity index (χ3n) is 6.27. The van der Waals surface area contributed by atoms with Crippen molar-refractivity contribution >= 4 is 0 Å². The van der Waals surface area contributed by atoms with Crippen LogP contribution < -0.4 is 0 Å². The minimum atomic E-state index is -0.661. The molecule has 1 atom stereocenters. The molecule has 0 aromatic carbocycles. The molecule has 0 aromatic heterocycles. The molecule has 2 aliphatic carbocycles. The highest BCUT2D eigenvalue weighted by atomic mass is 19.1. The van der Waals surface area contributed by atoms with Gasteiger partial charge in [-0.1, -0.05) is 58.3 Å². The van der Waals surface area contributed by atoms with E-state index in [-0.39, 0.29) is 5.41 Å². The molecule has 0 nitrogen and oxygen atoms in total. The lowest BCUT2D eigenvalue weighted by Crippen LogP contribution is -2.31. The van der Waals surface area contributed by atoms with E-state index in [0.717, 1.165) is 44.4 Å². The Morgan fingerprint density at radius 1 is 1.05 bits per heavy atom. The zero-order valence-electron chi connectivity index (χ0n) is 14.6. The Balaban J connectivity index is 1.70. The molecule has 0 amide bonds. The predicted molar refractivity (Wildman–Crippen MR) is 90.6 cm³/mol. The van der Waals surface area contributed by atoms with E-state index in [4.69, 9.17) is 0 Å². The van der Waals surface area contributed by atoms with Crippen LogP contribution in [0.1, 0.15) is 103 Å². The minimum Gasteiger partial charge on any atom is -0.247 e. The second-order valence-corrected chi connectivity index (χ2v) is 8.16. The Bertz CT molecular complexity index is 288. The van der Waals surface area contributed by atoms with Gasteiger partial charge in [0.05, 0.1) is 0 Å². The smallest absolute Gasteiger partial charge is 0.101 e. The predicted octanol–water partition coefficient (Wildman–Crippen LogP) is 7.16. The summed E-state index contributed by atoms with van der Waals surface area (Å²) in [6, 6.07) is 0. The van der Waals surface area contributed by atoms with E-state index < -0.39 is 12.3 Å². The van der Waals surface area contributed by atoms with Crippen molar-refractivity contribution in [3.8, 4) is 0 Å². The molecule has 0 aliphatic heterocycles. The molecule has 2 fully saturated rings. The first kappa shape index (κ1) is 18.2. The summed E-state index contributed by atoms with van der Waals surface area (Å²) in [6.07, 6.45) is 14.7. The van der Waals surface area contributed by atoms with Crippen molar-refractivity contribution < 1.29 is 8.78 Å². The van der Waals surface area contributed by atoms with Gasteiger partial charge in [-0.25, -0.2) is 8.78 Å². The van der Waals surface area contributed by atoms with Gasteiger partial charge in [0.2, 0.25) is 0 Å². The van der Waals surface area contributed by atoms with Crippen LogP contribution in [0.3, 0.4) is 0 Å². The molecule has 22 heavy (non-hydrogen) atoms. The number of rotatable bonds is 8. The van der Waals surface area contributed by atoms with Gasteiger partial charge < -0.3 is 0 Å². The average molecular weight is 315 g/mol. The Morgan fingerprint density at radius 2 is 1.73 bits per heavy atom. The van der Waals surface area contributed by atoms with Crippen LogP contribution in [0.5, 0.6) is 0 Å². The lowest BCUT2D eigenvalue weighted by molar-refractivity contribution is 0.0690. The van der Waals surface area contributed by atoms with Crippen molar-refractivity contribution in [3.05, 3.63) is 0 Å². The fourth-order valence-electron chi connectivity index (χ4n) is 4.96. The van der Waals surface area contributed by atoms with Gasteiger partial charge in [0.15, 0.2) is 0 Å². The van der Waals surface area contributed by atoms with E-state index in [0.29, 0.717) is 19.3 Å². The van der Waals surface area contributed by atoms with Crippen LogP contribution in [0.15, 0.2) is 0 Å². The molecule has 1 unspecified atom stereocenters. The Hall–Kier alpha value is -0.140. The fraction of sp³-hybridized carbons (Fsp3) is 1.00. The Labute approximate surface area is 136 Å². The van der Waals surface area contributed by atoms with Crippen LogP contribution in [-0.4, -0.2) is 12.3 Å². The second kappa shape index (κ2) is 9.23. The number of hydrogen-bond acceptors (Lipinski definition) is 0. The molecule has 2 saturated carbocycles. The van der Waals surface area contributed by atoms with Gasteiger partial charge in [-0.3, -0.25) is 0 Å². The van der Waals surface area contributed by atoms with Gasteiger partial charge in [-0.15, -0.1) is 0 Å². The largest absolute Gasteiger partial charge is 0.247 e. The highest BCUT2D eigenvalue weighted by Crippen LogP contribution is 2.45. The van der Waals surface area contributed by atoms with Crippen LogP contribution in [0.4, 0.5) is 8.78 Å². The average Bonchev–Trinajstić information content (AvgIpc) is 2.52. The van der Waals surface area contributed by atoms with Crippen LogP contribution in [0, 0.1) is 11.3 Å². The van der Waals surface area contributed by atoms with Crippen LogP contribution in [0.2, 0.25) is 0 Å². The summed E-state index contributed by atoms with van der Waals surface area (Å²) < 4.78 is 27.9. The van der Waals surface area contributed by atoms with E-state index in [1.165, 1.54) is 38.5 Å². The van der Waals surface area contributed by atoms with Crippen molar-refractivity contribution in [2.24, 2.45) is 11.3 Å². The third kappa shape index (κ3) is 5.81. The number of alkyl halides is 2. The van der Waals surface area contributed by atoms with Crippen LogP contribution in [0.25, 0.3) is 0 Å². The highest BCUT2D eigenvalue weighted by Gasteiger charge is 2.36. The number of hydrogen-bond donors (Lipinski definition) is 0. The normalized spacial score (nSPS) is 32.0. The molecule has 0 N–H and O–H groups in total. The maximum absolute atomic E-state index is 14.5. The van der Waals surface area contributed by atoms with Crippen molar-refractivity contribution in [1.29, 1.82) is 0 Å². The summed E-state index contributed by atoms with van der Waals surface area (Å²) >= 11 is 0. The summed E-state index contributed by atoms with van der Waals surface area (Å²) in [7, 11) is 0. The fourth-order valence-corrected chi connectivity index (χ4v) is 4.96. The van der Waals surface area contributed by atoms with E-state index in [2.05, 4.69) is 6.92 Å². The molecule has 0 saturated heterocycles. The van der Waals surface area contributed by atoms with Crippen LogP contribution in [-0.2, 0) is 0 Å². The van der Waals surface area contributed by atoms with Gasteiger partial charge in [-0.2, -0.15) is 0 Å². The van der Waals surface area contributed by atoms with Gasteiger partial charge in [0.1, 0.15) is 12.3 Å². The summed E-state index contributed by atoms with van der Waals surface area (Å²) in [6.45, 7) is 2.18. The summed E-state index contributed by atoms with van der Waals surface area (Å²) in [5.74, 6) is 0.868. The zero-order chi connectivity index (χ0) is 15.8. The van der Waals surface area contributed by atoms with Crippen molar-refractivity contribution in [2.45, 2.75) is 116 Å². The summed E-state index contributed by atoms with van der Waals surface area (Å²) in [5, 5.41) is 0. The second-order valence-electron chi connectivity index (χ2n) is 8.16. The third-order valence-corrected chi connectivity index (χ3v) is 6.27. The molecule has 130 valence electrons. The van der Waals surface area contributed by atoms with E-state index >= 15 is 0 Å². The van der Waals surface area contributed by atoms with E-state index in [9.17, 15) is 8.78 Å². The summed E-state index contributed by atoms with van der Waals surface area (Å²) in [4.78, 5) is 0. The first-order valence-corrected chi connectivity index (χ1v) is 9.92. The standard InChI is InChI=1S/C20H36F2/c1-2-13-20(14-11-18(21)12-15-20)16-19(22)10-6-9-17-7-4-3-5-8-17/h17-19H,2-16H2,1H3. The maximum Gasteiger partial charge on any atom is 0.101 e. The molecule has 2 aliphatic rings. The minimum absolute atomic E-state index is 0.113. The molecule has 0 radical (unpaired) electrons. The van der Waals surface area contributed by atoms with Crippen LogP contribution >= 0.6 is 0 Å². The highest BCUT2D eigenvalue weighted by molar-refractivity contribution is 4.87. The quantitative estimate of drug-likeness (QED) is 0.445. The SMILES string of the molecule is CCCC1(CC(F)CCCC2CCCCC2)CCC(F)CC1. The molecule has 0 heterocycles. The lowest BCUT2D eigenvalue weighted by atomic mass is 9.67. The first-order chi connectivity index (χ1) is 10.6. The Kier molecular flexibility index (Phi) is 7.63. The topological polar surface area (TPSA) is 0 Å². The molecule has 2 heteroatoms. The van der Waals surface area contributed by atoms with E-state index in [1.807, 2.05) is 0 Å². The number of halogens is 2. The first-order valence-electron chi connectivity index (χ1n) is 9.92. The Morgan fingerprint density at radius 3 is 2.36 bits per heavy atom.